The molecule has 9 heteroatoms. The van der Waals surface area contributed by atoms with Gasteiger partial charge in [-0.2, -0.15) is 9.61 Å². The van der Waals surface area contributed by atoms with Crippen molar-refractivity contribution in [1.82, 2.24) is 14.6 Å². The fourth-order valence-corrected chi connectivity index (χ4v) is 4.32. The summed E-state index contributed by atoms with van der Waals surface area (Å²) in [5.74, 6) is 1.38. The number of carbonyl (C=O) groups is 1. The highest BCUT2D eigenvalue weighted by atomic mass is 32.1. The van der Waals surface area contributed by atoms with Gasteiger partial charge in [0.05, 0.1) is 12.8 Å². The predicted octanol–water partition coefficient (Wildman–Crippen LogP) is 3.87. The molecule has 0 bridgehead atoms. The van der Waals surface area contributed by atoms with E-state index in [-0.39, 0.29) is 18.1 Å². The Bertz CT molecular complexity index is 1360. The topological polar surface area (TPSA) is 94.8 Å². The zero-order valence-corrected chi connectivity index (χ0v) is 18.1. The van der Waals surface area contributed by atoms with Gasteiger partial charge in [0.25, 0.3) is 11.5 Å². The first-order valence-corrected chi connectivity index (χ1v) is 11.0. The molecule has 1 N–H and O–H groups in total. The van der Waals surface area contributed by atoms with Crippen LogP contribution in [0.15, 0.2) is 59.4 Å². The van der Waals surface area contributed by atoms with E-state index in [9.17, 15) is 9.59 Å². The van der Waals surface area contributed by atoms with E-state index in [1.807, 2.05) is 0 Å². The minimum absolute atomic E-state index is 0.135. The Morgan fingerprint density at radius 1 is 1.16 bits per heavy atom. The van der Waals surface area contributed by atoms with E-state index in [4.69, 9.17) is 9.47 Å². The Kier molecular flexibility index (Phi) is 5.32. The molecule has 2 aromatic carbocycles. The summed E-state index contributed by atoms with van der Waals surface area (Å²) in [6, 6.07) is 15.4. The average molecular weight is 449 g/mol. The number of aromatic nitrogens is 3. The summed E-state index contributed by atoms with van der Waals surface area (Å²) in [7, 11) is 1.56. The van der Waals surface area contributed by atoms with Crippen molar-refractivity contribution in [2.24, 2.45) is 0 Å². The highest BCUT2D eigenvalue weighted by molar-refractivity contribution is 7.16. The molecule has 4 aromatic rings. The molecule has 0 saturated heterocycles. The third kappa shape index (κ3) is 4.33. The van der Waals surface area contributed by atoms with Crippen LogP contribution in [0, 0.1) is 0 Å². The first-order chi connectivity index (χ1) is 15.6. The molecular formula is C23H20N4O4S. The second kappa shape index (κ2) is 8.43. The van der Waals surface area contributed by atoms with Crippen LogP contribution in [0.2, 0.25) is 0 Å². The van der Waals surface area contributed by atoms with Gasteiger partial charge in [-0.05, 0) is 43.2 Å². The zero-order valence-electron chi connectivity index (χ0n) is 17.3. The lowest BCUT2D eigenvalue weighted by Gasteiger charge is -2.10. The molecule has 1 saturated carbocycles. The summed E-state index contributed by atoms with van der Waals surface area (Å²) in [5, 5.41) is 8.20. The lowest BCUT2D eigenvalue weighted by Crippen LogP contribution is -2.16. The van der Waals surface area contributed by atoms with E-state index >= 15 is 0 Å². The standard InChI is InChI=1S/C23H20N4O4S/c1-30-18-6-2-4-15(10-18)21(29)24-16-5-3-7-19(11-16)31-13-17-12-20(28)27-23(25-17)32-22(26-27)14-8-9-14/h2-7,10-12,14H,8-9,13H2,1H3,(H,24,29). The second-order valence-electron chi connectivity index (χ2n) is 7.50. The summed E-state index contributed by atoms with van der Waals surface area (Å²) in [6.07, 6.45) is 2.24. The Labute approximate surface area is 187 Å². The number of nitrogens with one attached hydrogen (secondary N) is 1. The minimum atomic E-state index is -0.252. The van der Waals surface area contributed by atoms with Gasteiger partial charge in [0.15, 0.2) is 0 Å². The molecule has 1 aliphatic rings. The fraction of sp³-hybridized carbons (Fsp3) is 0.217. The number of methoxy groups -OCH3 is 1. The molecule has 0 spiro atoms. The number of carbonyl (C=O) groups excluding carboxylic acids is 1. The van der Waals surface area contributed by atoms with Crippen LogP contribution in [-0.4, -0.2) is 27.6 Å². The van der Waals surface area contributed by atoms with Crippen molar-refractivity contribution >= 4 is 27.9 Å². The van der Waals surface area contributed by atoms with Gasteiger partial charge in [-0.3, -0.25) is 9.59 Å². The molecule has 8 nitrogen and oxygen atoms in total. The Hall–Kier alpha value is -3.72. The number of amides is 1. The molecule has 0 aliphatic heterocycles. The maximum Gasteiger partial charge on any atom is 0.275 e. The number of nitrogens with zero attached hydrogens (tertiary/aromatic N) is 3. The summed E-state index contributed by atoms with van der Waals surface area (Å²) in [5.41, 5.74) is 1.40. The number of benzene rings is 2. The highest BCUT2D eigenvalue weighted by Gasteiger charge is 2.28. The number of fused-ring (bicyclic) bond motifs is 1. The number of hydrogen-bond acceptors (Lipinski definition) is 7. The minimum Gasteiger partial charge on any atom is -0.497 e. The van der Waals surface area contributed by atoms with Gasteiger partial charge >= 0.3 is 0 Å². The van der Waals surface area contributed by atoms with E-state index in [1.165, 1.54) is 21.9 Å². The first kappa shape index (κ1) is 20.2. The van der Waals surface area contributed by atoms with Crippen LogP contribution in [0.5, 0.6) is 11.5 Å². The maximum atomic E-state index is 12.5. The Morgan fingerprint density at radius 3 is 2.78 bits per heavy atom. The normalized spacial score (nSPS) is 13.2. The van der Waals surface area contributed by atoms with Crippen LogP contribution in [0.25, 0.3) is 4.96 Å². The molecule has 0 atom stereocenters. The molecular weight excluding hydrogens is 428 g/mol. The molecule has 5 rings (SSSR count). The lowest BCUT2D eigenvalue weighted by atomic mass is 10.2. The van der Waals surface area contributed by atoms with Crippen molar-refractivity contribution in [3.05, 3.63) is 81.2 Å². The fourth-order valence-electron chi connectivity index (χ4n) is 3.23. The summed E-state index contributed by atoms with van der Waals surface area (Å²) in [4.78, 5) is 30.0. The van der Waals surface area contributed by atoms with Crippen LogP contribution in [-0.2, 0) is 6.61 Å². The zero-order chi connectivity index (χ0) is 22.1. The number of anilines is 1. The van der Waals surface area contributed by atoms with E-state index < -0.39 is 0 Å². The SMILES string of the molecule is COc1cccc(C(=O)Nc2cccc(OCc3cc(=O)n4nc(C5CC5)sc4n3)c2)c1. The molecule has 2 heterocycles. The molecule has 32 heavy (non-hydrogen) atoms. The van der Waals surface area contributed by atoms with Gasteiger partial charge in [0, 0.05) is 29.3 Å². The first-order valence-electron chi connectivity index (χ1n) is 10.2. The third-order valence-corrected chi connectivity index (χ3v) is 6.12. The van der Waals surface area contributed by atoms with Gasteiger partial charge < -0.3 is 14.8 Å². The van der Waals surface area contributed by atoms with E-state index in [0.29, 0.717) is 39.3 Å². The maximum absolute atomic E-state index is 12.5. The van der Waals surface area contributed by atoms with E-state index in [2.05, 4.69) is 15.4 Å². The van der Waals surface area contributed by atoms with Crippen LogP contribution >= 0.6 is 11.3 Å². The van der Waals surface area contributed by atoms with Crippen molar-refractivity contribution in [2.75, 3.05) is 12.4 Å². The summed E-state index contributed by atoms with van der Waals surface area (Å²) >= 11 is 1.46. The van der Waals surface area contributed by atoms with Crippen molar-refractivity contribution in [2.45, 2.75) is 25.4 Å². The molecule has 2 aromatic heterocycles. The average Bonchev–Trinajstić information content (AvgIpc) is 3.57. The largest absolute Gasteiger partial charge is 0.497 e. The number of hydrogen-bond donors (Lipinski definition) is 1. The van der Waals surface area contributed by atoms with Crippen molar-refractivity contribution in [3.8, 4) is 11.5 Å². The summed E-state index contributed by atoms with van der Waals surface area (Å²) in [6.45, 7) is 0.135. The monoisotopic (exact) mass is 448 g/mol. The van der Waals surface area contributed by atoms with Gasteiger partial charge in [-0.15, -0.1) is 0 Å². The van der Waals surface area contributed by atoms with Crippen molar-refractivity contribution in [1.29, 1.82) is 0 Å². The van der Waals surface area contributed by atoms with Crippen LogP contribution in [0.3, 0.4) is 0 Å². The lowest BCUT2D eigenvalue weighted by molar-refractivity contribution is 0.102. The number of rotatable bonds is 7. The van der Waals surface area contributed by atoms with Crippen LogP contribution in [0.4, 0.5) is 5.69 Å². The van der Waals surface area contributed by atoms with Crippen LogP contribution < -0.4 is 20.3 Å². The second-order valence-corrected chi connectivity index (χ2v) is 8.48. The molecule has 162 valence electrons. The predicted molar refractivity (Wildman–Crippen MR) is 121 cm³/mol. The molecule has 1 aliphatic carbocycles. The van der Waals surface area contributed by atoms with Crippen molar-refractivity contribution in [3.63, 3.8) is 0 Å². The van der Waals surface area contributed by atoms with Gasteiger partial charge in [0.1, 0.15) is 23.1 Å². The van der Waals surface area contributed by atoms with E-state index in [1.54, 1.807) is 55.6 Å². The Balaban J connectivity index is 1.28. The van der Waals surface area contributed by atoms with Crippen molar-refractivity contribution < 1.29 is 14.3 Å². The quantitative estimate of drug-likeness (QED) is 0.461. The smallest absolute Gasteiger partial charge is 0.275 e. The van der Waals surface area contributed by atoms with Gasteiger partial charge in [-0.1, -0.05) is 23.5 Å². The summed E-state index contributed by atoms with van der Waals surface area (Å²) < 4.78 is 12.4. The third-order valence-electron chi connectivity index (χ3n) is 5.05. The molecule has 1 amide bonds. The molecule has 0 radical (unpaired) electrons. The van der Waals surface area contributed by atoms with E-state index in [0.717, 1.165) is 17.8 Å². The van der Waals surface area contributed by atoms with Crippen LogP contribution in [0.1, 0.15) is 39.8 Å². The molecule has 1 fully saturated rings. The highest BCUT2D eigenvalue weighted by Crippen LogP contribution is 2.41. The Morgan fingerprint density at radius 2 is 1.97 bits per heavy atom. The van der Waals surface area contributed by atoms with Gasteiger partial charge in [0.2, 0.25) is 4.96 Å². The van der Waals surface area contributed by atoms with Gasteiger partial charge in [-0.25, -0.2) is 4.98 Å². The molecule has 0 unspecified atom stereocenters. The number of ether oxygens (including phenoxy) is 2.